The highest BCUT2D eigenvalue weighted by molar-refractivity contribution is 5.78. The Kier molecular flexibility index (Phi) is 4.22. The summed E-state index contributed by atoms with van der Waals surface area (Å²) in [7, 11) is 0. The van der Waals surface area contributed by atoms with Crippen LogP contribution in [0.2, 0.25) is 0 Å². The van der Waals surface area contributed by atoms with Gasteiger partial charge in [0.1, 0.15) is 12.2 Å². The monoisotopic (exact) mass is 259 g/mol. The average molecular weight is 259 g/mol. The fraction of sp³-hybridized carbons (Fsp3) is 0.385. The van der Waals surface area contributed by atoms with Crippen LogP contribution in [-0.4, -0.2) is 25.7 Å². The van der Waals surface area contributed by atoms with Crippen molar-refractivity contribution >= 4 is 5.91 Å². The molecule has 0 aliphatic heterocycles. The predicted molar refractivity (Wildman–Crippen MR) is 70.2 cm³/mol. The molecule has 2 heterocycles. The van der Waals surface area contributed by atoms with Crippen molar-refractivity contribution in [2.24, 2.45) is 0 Å². The van der Waals surface area contributed by atoms with E-state index in [-0.39, 0.29) is 11.9 Å². The van der Waals surface area contributed by atoms with Crippen LogP contribution in [0.25, 0.3) is 0 Å². The number of hydrogen-bond donors (Lipinski definition) is 1. The highest BCUT2D eigenvalue weighted by Crippen LogP contribution is 2.08. The highest BCUT2D eigenvalue weighted by atomic mass is 16.1. The van der Waals surface area contributed by atoms with E-state index in [1.165, 1.54) is 6.33 Å². The molecule has 0 radical (unpaired) electrons. The topological polar surface area (TPSA) is 72.7 Å². The number of rotatable bonds is 5. The van der Waals surface area contributed by atoms with E-state index in [9.17, 15) is 4.79 Å². The number of pyridine rings is 1. The molecule has 100 valence electrons. The van der Waals surface area contributed by atoms with Gasteiger partial charge in [-0.25, -0.2) is 9.67 Å². The third-order valence-corrected chi connectivity index (χ3v) is 2.82. The van der Waals surface area contributed by atoms with Crippen LogP contribution in [-0.2, 0) is 17.8 Å². The lowest BCUT2D eigenvalue weighted by Gasteiger charge is -2.13. The molecule has 0 aromatic carbocycles. The lowest BCUT2D eigenvalue weighted by molar-refractivity contribution is -0.121. The number of carbonyl (C=O) groups excluding carboxylic acids is 1. The minimum atomic E-state index is -0.156. The van der Waals surface area contributed by atoms with Crippen molar-refractivity contribution in [3.05, 3.63) is 42.2 Å². The first-order chi connectivity index (χ1) is 9.20. The second-order valence-electron chi connectivity index (χ2n) is 4.26. The number of nitrogens with one attached hydrogen (secondary N) is 1. The third-order valence-electron chi connectivity index (χ3n) is 2.82. The summed E-state index contributed by atoms with van der Waals surface area (Å²) in [4.78, 5) is 20.0. The molecule has 0 saturated heterocycles. The summed E-state index contributed by atoms with van der Waals surface area (Å²) in [5.74, 6) is 0.731. The van der Waals surface area contributed by atoms with Gasteiger partial charge >= 0.3 is 0 Å². The first kappa shape index (κ1) is 13.2. The number of carbonyl (C=O) groups is 1. The van der Waals surface area contributed by atoms with E-state index in [1.807, 2.05) is 26.0 Å². The normalized spacial score (nSPS) is 12.1. The van der Waals surface area contributed by atoms with Crippen LogP contribution in [0.1, 0.15) is 31.3 Å². The van der Waals surface area contributed by atoms with Crippen LogP contribution in [0, 0.1) is 0 Å². The molecule has 0 saturated carbocycles. The number of amides is 1. The van der Waals surface area contributed by atoms with Crippen molar-refractivity contribution < 1.29 is 4.79 Å². The van der Waals surface area contributed by atoms with Crippen LogP contribution in [0.4, 0.5) is 0 Å². The minimum Gasteiger partial charge on any atom is -0.346 e. The Morgan fingerprint density at radius 1 is 1.42 bits per heavy atom. The highest BCUT2D eigenvalue weighted by Gasteiger charge is 2.14. The Balaban J connectivity index is 1.96. The molecule has 6 nitrogen and oxygen atoms in total. The van der Waals surface area contributed by atoms with Gasteiger partial charge in [-0.1, -0.05) is 0 Å². The zero-order chi connectivity index (χ0) is 13.7. The molecule has 0 fully saturated rings. The van der Waals surface area contributed by atoms with Crippen molar-refractivity contribution in [3.8, 4) is 0 Å². The molecule has 2 aromatic heterocycles. The molecule has 0 bridgehead atoms. The van der Waals surface area contributed by atoms with Gasteiger partial charge in [0, 0.05) is 18.9 Å². The van der Waals surface area contributed by atoms with Gasteiger partial charge < -0.3 is 5.32 Å². The molecule has 2 aromatic rings. The summed E-state index contributed by atoms with van der Waals surface area (Å²) in [6, 6.07) is 3.51. The Morgan fingerprint density at radius 3 is 2.84 bits per heavy atom. The summed E-state index contributed by atoms with van der Waals surface area (Å²) in [5, 5.41) is 7.02. The summed E-state index contributed by atoms with van der Waals surface area (Å²) < 4.78 is 1.78. The Bertz CT molecular complexity index is 537. The largest absolute Gasteiger partial charge is 0.346 e. The Labute approximate surface area is 111 Å². The number of nitrogens with zero attached hydrogens (tertiary/aromatic N) is 4. The van der Waals surface area contributed by atoms with Gasteiger partial charge in [0.25, 0.3) is 0 Å². The Morgan fingerprint density at radius 2 is 2.16 bits per heavy atom. The van der Waals surface area contributed by atoms with Crippen LogP contribution >= 0.6 is 0 Å². The van der Waals surface area contributed by atoms with Crippen molar-refractivity contribution in [3.63, 3.8) is 0 Å². The molecular weight excluding hydrogens is 242 g/mol. The second kappa shape index (κ2) is 6.08. The summed E-state index contributed by atoms with van der Waals surface area (Å²) in [6.45, 7) is 4.63. The van der Waals surface area contributed by atoms with Crippen molar-refractivity contribution in [1.29, 1.82) is 0 Å². The zero-order valence-corrected chi connectivity index (χ0v) is 11.1. The maximum atomic E-state index is 11.9. The van der Waals surface area contributed by atoms with Gasteiger partial charge in [0.2, 0.25) is 5.91 Å². The molecule has 19 heavy (non-hydrogen) atoms. The molecule has 6 heteroatoms. The number of aromatic nitrogens is 4. The number of hydrogen-bond acceptors (Lipinski definition) is 4. The first-order valence-electron chi connectivity index (χ1n) is 6.26. The van der Waals surface area contributed by atoms with E-state index < -0.39 is 0 Å². The van der Waals surface area contributed by atoms with Gasteiger partial charge in [-0.15, -0.1) is 0 Å². The molecule has 1 N–H and O–H groups in total. The van der Waals surface area contributed by atoms with Gasteiger partial charge in [-0.2, -0.15) is 5.10 Å². The van der Waals surface area contributed by atoms with Crippen LogP contribution in [0.15, 0.2) is 30.9 Å². The van der Waals surface area contributed by atoms with Crippen LogP contribution in [0.5, 0.6) is 0 Å². The second-order valence-corrected chi connectivity index (χ2v) is 4.26. The van der Waals surface area contributed by atoms with Crippen LogP contribution in [0.3, 0.4) is 0 Å². The third kappa shape index (κ3) is 3.37. The first-order valence-corrected chi connectivity index (χ1v) is 6.26. The molecule has 0 aliphatic rings. The fourth-order valence-electron chi connectivity index (χ4n) is 1.90. The van der Waals surface area contributed by atoms with Gasteiger partial charge in [0.05, 0.1) is 12.5 Å². The quantitative estimate of drug-likeness (QED) is 0.873. The van der Waals surface area contributed by atoms with Gasteiger partial charge in [-0.05, 0) is 31.5 Å². The molecular formula is C13H17N5O. The van der Waals surface area contributed by atoms with E-state index in [2.05, 4.69) is 20.4 Å². The number of aryl methyl sites for hydroxylation is 1. The Hall–Kier alpha value is -2.24. The predicted octanol–water partition coefficient (Wildman–Crippen LogP) is 1.11. The standard InChI is InChI=1S/C13H17N5O/c1-3-18-13(15-9-16-18)10(2)17-12(19)8-11-4-6-14-7-5-11/h4-7,9-10H,3,8H2,1-2H3,(H,17,19). The smallest absolute Gasteiger partial charge is 0.225 e. The SMILES string of the molecule is CCn1ncnc1C(C)NC(=O)Cc1ccncc1. The maximum absolute atomic E-state index is 11.9. The molecule has 2 rings (SSSR count). The molecule has 1 atom stereocenters. The lowest BCUT2D eigenvalue weighted by atomic mass is 10.2. The van der Waals surface area contributed by atoms with E-state index in [0.717, 1.165) is 17.9 Å². The van der Waals surface area contributed by atoms with Crippen molar-refractivity contribution in [2.45, 2.75) is 32.9 Å². The fourth-order valence-corrected chi connectivity index (χ4v) is 1.90. The van der Waals surface area contributed by atoms with Gasteiger partial charge in [0.15, 0.2) is 0 Å². The lowest BCUT2D eigenvalue weighted by Crippen LogP contribution is -2.30. The van der Waals surface area contributed by atoms with Gasteiger partial charge in [-0.3, -0.25) is 9.78 Å². The molecule has 0 aliphatic carbocycles. The van der Waals surface area contributed by atoms with E-state index in [4.69, 9.17) is 0 Å². The molecule has 1 unspecified atom stereocenters. The summed E-state index contributed by atoms with van der Waals surface area (Å²) in [6.07, 6.45) is 5.21. The van der Waals surface area contributed by atoms with E-state index in [1.54, 1.807) is 17.1 Å². The molecule has 0 spiro atoms. The van der Waals surface area contributed by atoms with Crippen molar-refractivity contribution in [1.82, 2.24) is 25.1 Å². The van der Waals surface area contributed by atoms with E-state index in [0.29, 0.717) is 6.42 Å². The molecule has 1 amide bonds. The summed E-state index contributed by atoms with van der Waals surface area (Å²) >= 11 is 0. The minimum absolute atomic E-state index is 0.0376. The zero-order valence-electron chi connectivity index (χ0n) is 11.1. The van der Waals surface area contributed by atoms with Crippen LogP contribution < -0.4 is 5.32 Å². The van der Waals surface area contributed by atoms with E-state index >= 15 is 0 Å². The summed E-state index contributed by atoms with van der Waals surface area (Å²) in [5.41, 5.74) is 0.941. The van der Waals surface area contributed by atoms with Crippen molar-refractivity contribution in [2.75, 3.05) is 0 Å². The average Bonchev–Trinajstić information content (AvgIpc) is 2.88. The maximum Gasteiger partial charge on any atom is 0.225 e.